The van der Waals surface area contributed by atoms with Crippen molar-refractivity contribution in [2.24, 2.45) is 0 Å². The molecule has 128 valence electrons. The predicted octanol–water partition coefficient (Wildman–Crippen LogP) is -0.478. The number of rotatable bonds is 6. The Kier molecular flexibility index (Phi) is 6.53. The Morgan fingerprint density at radius 1 is 1.22 bits per heavy atom. The Morgan fingerprint density at radius 2 is 1.91 bits per heavy atom. The van der Waals surface area contributed by atoms with E-state index in [4.69, 9.17) is 0 Å². The number of nitrogens with zero attached hydrogens (tertiary/aromatic N) is 1. The number of carbonyl (C=O) groups is 1. The third-order valence-electron chi connectivity index (χ3n) is 4.26. The number of β-amino-alcohol motifs (C(OH)–C–C–N with tert-alkyl or cyclic N) is 1. The summed E-state index contributed by atoms with van der Waals surface area (Å²) >= 11 is 0. The van der Waals surface area contributed by atoms with Crippen LogP contribution in [0.15, 0.2) is 30.3 Å². The van der Waals surface area contributed by atoms with Gasteiger partial charge in [-0.15, -0.1) is 0 Å². The molecule has 0 radical (unpaired) electrons. The average molecular weight is 322 g/mol. The highest BCUT2D eigenvalue weighted by Gasteiger charge is 2.44. The number of likely N-dealkylation sites (N-methyl/N-ethyl adjacent to an activating group) is 1. The van der Waals surface area contributed by atoms with Gasteiger partial charge in [-0.2, -0.15) is 0 Å². The number of hydrogen-bond donors (Lipinski definition) is 4. The second kappa shape index (κ2) is 8.40. The van der Waals surface area contributed by atoms with Gasteiger partial charge in [-0.3, -0.25) is 9.69 Å². The topological polar surface area (TPSA) is 93.0 Å². The minimum Gasteiger partial charge on any atom is -0.389 e. The quantitative estimate of drug-likeness (QED) is 0.568. The SMILES string of the molecule is CCNC(=O)[C@@H]1[C@@H](O)[C@@H](O)[C@H](O)CN1CCCc1ccccc1. The highest BCUT2D eigenvalue weighted by molar-refractivity contribution is 5.82. The van der Waals surface area contributed by atoms with E-state index in [1.54, 1.807) is 11.8 Å². The maximum Gasteiger partial charge on any atom is 0.240 e. The molecule has 1 heterocycles. The molecule has 1 aromatic carbocycles. The fourth-order valence-electron chi connectivity index (χ4n) is 3.05. The van der Waals surface area contributed by atoms with Crippen LogP contribution in [0.1, 0.15) is 18.9 Å². The molecule has 1 aromatic rings. The number of amides is 1. The fourth-order valence-corrected chi connectivity index (χ4v) is 3.05. The number of likely N-dealkylation sites (tertiary alicyclic amines) is 1. The molecule has 0 unspecified atom stereocenters. The maximum atomic E-state index is 12.2. The molecule has 1 aliphatic rings. The molecule has 1 amide bonds. The van der Waals surface area contributed by atoms with Crippen LogP contribution in [0.5, 0.6) is 0 Å². The van der Waals surface area contributed by atoms with Crippen molar-refractivity contribution in [1.82, 2.24) is 10.2 Å². The van der Waals surface area contributed by atoms with E-state index in [9.17, 15) is 20.1 Å². The molecule has 1 saturated heterocycles. The molecule has 4 N–H and O–H groups in total. The number of aliphatic hydroxyl groups excluding tert-OH is 3. The molecule has 2 rings (SSSR count). The second-order valence-corrected chi connectivity index (χ2v) is 5.97. The zero-order valence-electron chi connectivity index (χ0n) is 13.4. The average Bonchev–Trinajstić information content (AvgIpc) is 2.54. The van der Waals surface area contributed by atoms with Gasteiger partial charge < -0.3 is 20.6 Å². The largest absolute Gasteiger partial charge is 0.389 e. The summed E-state index contributed by atoms with van der Waals surface area (Å²) in [6.45, 7) is 3.00. The number of aliphatic hydroxyl groups is 3. The smallest absolute Gasteiger partial charge is 0.240 e. The van der Waals surface area contributed by atoms with Crippen molar-refractivity contribution in [2.75, 3.05) is 19.6 Å². The Bertz CT molecular complexity index is 497. The lowest BCUT2D eigenvalue weighted by Crippen LogP contribution is -2.65. The lowest BCUT2D eigenvalue weighted by Gasteiger charge is -2.42. The van der Waals surface area contributed by atoms with Crippen molar-refractivity contribution < 1.29 is 20.1 Å². The first-order chi connectivity index (χ1) is 11.0. The van der Waals surface area contributed by atoms with Gasteiger partial charge >= 0.3 is 0 Å². The number of hydrogen-bond acceptors (Lipinski definition) is 5. The van der Waals surface area contributed by atoms with Gasteiger partial charge in [0, 0.05) is 13.1 Å². The molecule has 0 aromatic heterocycles. The first-order valence-electron chi connectivity index (χ1n) is 8.14. The molecule has 0 saturated carbocycles. The monoisotopic (exact) mass is 322 g/mol. The zero-order chi connectivity index (χ0) is 16.8. The molecule has 23 heavy (non-hydrogen) atoms. The summed E-state index contributed by atoms with van der Waals surface area (Å²) < 4.78 is 0. The van der Waals surface area contributed by atoms with Crippen molar-refractivity contribution in [3.63, 3.8) is 0 Å². The molecule has 1 aliphatic heterocycles. The van der Waals surface area contributed by atoms with Crippen LogP contribution in [0.4, 0.5) is 0 Å². The summed E-state index contributed by atoms with van der Waals surface area (Å²) in [6, 6.07) is 9.20. The van der Waals surface area contributed by atoms with Crippen LogP contribution in [0, 0.1) is 0 Å². The van der Waals surface area contributed by atoms with E-state index in [0.29, 0.717) is 13.1 Å². The third-order valence-corrected chi connectivity index (χ3v) is 4.26. The zero-order valence-corrected chi connectivity index (χ0v) is 13.4. The highest BCUT2D eigenvalue weighted by atomic mass is 16.4. The number of benzene rings is 1. The van der Waals surface area contributed by atoms with E-state index in [0.717, 1.165) is 12.8 Å². The summed E-state index contributed by atoms with van der Waals surface area (Å²) in [5, 5.41) is 32.6. The summed E-state index contributed by atoms with van der Waals surface area (Å²) in [5.41, 5.74) is 1.21. The molecular formula is C17H26N2O4. The van der Waals surface area contributed by atoms with E-state index in [2.05, 4.69) is 5.32 Å². The Hall–Kier alpha value is -1.47. The van der Waals surface area contributed by atoms with Crippen molar-refractivity contribution in [1.29, 1.82) is 0 Å². The van der Waals surface area contributed by atoms with Gasteiger partial charge in [0.25, 0.3) is 0 Å². The van der Waals surface area contributed by atoms with Gasteiger partial charge in [-0.05, 0) is 31.9 Å². The van der Waals surface area contributed by atoms with Crippen LogP contribution in [0.2, 0.25) is 0 Å². The highest BCUT2D eigenvalue weighted by Crippen LogP contribution is 2.20. The summed E-state index contributed by atoms with van der Waals surface area (Å²) in [5.74, 6) is -0.314. The summed E-state index contributed by atoms with van der Waals surface area (Å²) in [4.78, 5) is 14.0. The molecule has 0 aliphatic carbocycles. The van der Waals surface area contributed by atoms with Crippen molar-refractivity contribution >= 4 is 5.91 Å². The van der Waals surface area contributed by atoms with Crippen molar-refractivity contribution in [3.05, 3.63) is 35.9 Å². The molecular weight excluding hydrogens is 296 g/mol. The van der Waals surface area contributed by atoms with Gasteiger partial charge in [0.2, 0.25) is 5.91 Å². The van der Waals surface area contributed by atoms with Crippen LogP contribution < -0.4 is 5.32 Å². The number of piperidine rings is 1. The Balaban J connectivity index is 1.99. The lowest BCUT2D eigenvalue weighted by molar-refractivity contribution is -0.157. The molecule has 1 fully saturated rings. The second-order valence-electron chi connectivity index (χ2n) is 5.97. The Morgan fingerprint density at radius 3 is 2.57 bits per heavy atom. The van der Waals surface area contributed by atoms with Gasteiger partial charge in [0.05, 0.1) is 6.10 Å². The minimum atomic E-state index is -1.30. The lowest BCUT2D eigenvalue weighted by atomic mass is 9.92. The maximum absolute atomic E-state index is 12.2. The van der Waals surface area contributed by atoms with Gasteiger partial charge in [-0.25, -0.2) is 0 Å². The molecule has 0 spiro atoms. The van der Waals surface area contributed by atoms with E-state index in [-0.39, 0.29) is 12.5 Å². The van der Waals surface area contributed by atoms with Crippen LogP contribution in [-0.2, 0) is 11.2 Å². The van der Waals surface area contributed by atoms with E-state index in [1.807, 2.05) is 30.3 Å². The van der Waals surface area contributed by atoms with Crippen LogP contribution in [0.3, 0.4) is 0 Å². The summed E-state index contributed by atoms with van der Waals surface area (Å²) in [6.07, 6.45) is -1.98. The number of carbonyl (C=O) groups excluding carboxylic acids is 1. The summed E-state index contributed by atoms with van der Waals surface area (Å²) in [7, 11) is 0. The fraction of sp³-hybridized carbons (Fsp3) is 0.588. The first-order valence-corrected chi connectivity index (χ1v) is 8.14. The van der Waals surface area contributed by atoms with Crippen molar-refractivity contribution in [2.45, 2.75) is 44.1 Å². The molecule has 0 bridgehead atoms. The van der Waals surface area contributed by atoms with Crippen LogP contribution >= 0.6 is 0 Å². The predicted molar refractivity (Wildman–Crippen MR) is 86.8 cm³/mol. The molecule has 6 heteroatoms. The van der Waals surface area contributed by atoms with Gasteiger partial charge in [-0.1, -0.05) is 30.3 Å². The van der Waals surface area contributed by atoms with Crippen LogP contribution in [0.25, 0.3) is 0 Å². The van der Waals surface area contributed by atoms with Crippen LogP contribution in [-0.4, -0.2) is 70.1 Å². The van der Waals surface area contributed by atoms with E-state index < -0.39 is 24.4 Å². The number of aryl methyl sites for hydroxylation is 1. The normalized spacial score (nSPS) is 28.5. The van der Waals surface area contributed by atoms with E-state index in [1.165, 1.54) is 5.56 Å². The third kappa shape index (κ3) is 4.51. The van der Waals surface area contributed by atoms with Crippen molar-refractivity contribution in [3.8, 4) is 0 Å². The molecule has 6 nitrogen and oxygen atoms in total. The number of nitrogens with one attached hydrogen (secondary N) is 1. The minimum absolute atomic E-state index is 0.175. The van der Waals surface area contributed by atoms with Gasteiger partial charge in [0.1, 0.15) is 18.2 Å². The molecule has 4 atom stereocenters. The Labute approximate surface area is 136 Å². The standard InChI is InChI=1S/C17H26N2O4/c1-2-18-17(23)14-16(22)15(21)13(20)11-19(14)10-6-9-12-7-4-3-5-8-12/h3-5,7-8,13-16,20-22H,2,6,9-11H2,1H3,(H,18,23)/t13-,14+,15+,16-/m1/s1. The first kappa shape index (κ1) is 17.9. The van der Waals surface area contributed by atoms with E-state index >= 15 is 0 Å². The van der Waals surface area contributed by atoms with Gasteiger partial charge in [0.15, 0.2) is 0 Å².